The highest BCUT2D eigenvalue weighted by Crippen LogP contribution is 2.27. The summed E-state index contributed by atoms with van der Waals surface area (Å²) in [5.74, 6) is 1.58. The molecule has 2 heterocycles. The van der Waals surface area contributed by atoms with Crippen LogP contribution in [0.25, 0.3) is 16.6 Å². The van der Waals surface area contributed by atoms with Crippen molar-refractivity contribution in [2.24, 2.45) is 5.73 Å². The molecule has 0 radical (unpaired) electrons. The molecule has 6 nitrogen and oxygen atoms in total. The molecule has 27 heavy (non-hydrogen) atoms. The number of para-hydroxylation sites is 2. The Morgan fingerprint density at radius 1 is 1.04 bits per heavy atom. The van der Waals surface area contributed by atoms with E-state index >= 15 is 0 Å². The van der Waals surface area contributed by atoms with Crippen LogP contribution in [-0.4, -0.2) is 26.3 Å². The summed E-state index contributed by atoms with van der Waals surface area (Å²) < 4.78 is 1.88. The van der Waals surface area contributed by atoms with E-state index in [2.05, 4.69) is 34.5 Å². The van der Waals surface area contributed by atoms with Crippen LogP contribution in [0.5, 0.6) is 0 Å². The van der Waals surface area contributed by atoms with E-state index in [1.54, 1.807) is 6.20 Å². The van der Waals surface area contributed by atoms with Gasteiger partial charge in [-0.3, -0.25) is 0 Å². The highest BCUT2D eigenvalue weighted by Gasteiger charge is 2.15. The maximum Gasteiger partial charge on any atom is 0.138 e. The summed E-state index contributed by atoms with van der Waals surface area (Å²) >= 11 is 0. The predicted molar refractivity (Wildman–Crippen MR) is 108 cm³/mol. The van der Waals surface area contributed by atoms with E-state index in [-0.39, 0.29) is 6.04 Å². The molecule has 0 spiro atoms. The average molecular weight is 358 g/mol. The molecule has 136 valence electrons. The Balaban J connectivity index is 1.73. The number of hydrogen-bond acceptors (Lipinski definition) is 5. The Hall–Kier alpha value is -3.25. The van der Waals surface area contributed by atoms with Crippen molar-refractivity contribution in [2.45, 2.75) is 19.4 Å². The molecule has 0 bridgehead atoms. The van der Waals surface area contributed by atoms with Crippen molar-refractivity contribution in [3.8, 4) is 5.69 Å². The first-order valence-electron chi connectivity index (χ1n) is 9.07. The minimum Gasteiger partial charge on any atom is -0.363 e. The number of nitrogens with zero attached hydrogens (tertiary/aromatic N) is 4. The zero-order valence-corrected chi connectivity index (χ0v) is 15.2. The number of nitrogens with one attached hydrogen (secondary N) is 1. The smallest absolute Gasteiger partial charge is 0.138 e. The van der Waals surface area contributed by atoms with Gasteiger partial charge in [-0.15, -0.1) is 0 Å². The summed E-state index contributed by atoms with van der Waals surface area (Å²) in [6, 6.07) is 18.2. The van der Waals surface area contributed by atoms with Gasteiger partial charge < -0.3 is 11.1 Å². The Bertz CT molecular complexity index is 1040. The van der Waals surface area contributed by atoms with Crippen LogP contribution >= 0.6 is 0 Å². The van der Waals surface area contributed by atoms with Gasteiger partial charge in [-0.05, 0) is 43.3 Å². The molecule has 4 rings (SSSR count). The van der Waals surface area contributed by atoms with Crippen LogP contribution < -0.4 is 11.1 Å². The molecule has 1 atom stereocenters. The lowest BCUT2D eigenvalue weighted by Crippen LogP contribution is -2.14. The van der Waals surface area contributed by atoms with Gasteiger partial charge in [0.1, 0.15) is 11.6 Å². The van der Waals surface area contributed by atoms with Gasteiger partial charge in [0.05, 0.1) is 17.2 Å². The molecule has 0 aliphatic carbocycles. The summed E-state index contributed by atoms with van der Waals surface area (Å²) in [4.78, 5) is 9.34. The summed E-state index contributed by atoms with van der Waals surface area (Å²) in [7, 11) is 0. The highest BCUT2D eigenvalue weighted by molar-refractivity contribution is 5.89. The lowest BCUT2D eigenvalue weighted by atomic mass is 10.1. The van der Waals surface area contributed by atoms with Gasteiger partial charge in [0.15, 0.2) is 0 Å². The third-order valence-corrected chi connectivity index (χ3v) is 4.53. The van der Waals surface area contributed by atoms with Crippen LogP contribution in [0, 0.1) is 0 Å². The fraction of sp³-hybridized carbons (Fsp3) is 0.190. The second-order valence-electron chi connectivity index (χ2n) is 6.42. The Labute approximate surface area is 158 Å². The van der Waals surface area contributed by atoms with Gasteiger partial charge in [-0.25, -0.2) is 14.6 Å². The van der Waals surface area contributed by atoms with E-state index in [1.165, 1.54) is 0 Å². The van der Waals surface area contributed by atoms with Gasteiger partial charge in [0, 0.05) is 24.2 Å². The SMILES string of the molecule is CC(Nc1nc(CCN)nc2ccccc12)c1ccccc1-n1cccn1. The first kappa shape index (κ1) is 17.2. The van der Waals surface area contributed by atoms with Crippen LogP contribution in [-0.2, 0) is 6.42 Å². The number of benzene rings is 2. The fourth-order valence-electron chi connectivity index (χ4n) is 3.23. The maximum absolute atomic E-state index is 5.71. The summed E-state index contributed by atoms with van der Waals surface area (Å²) in [5, 5.41) is 8.95. The topological polar surface area (TPSA) is 81.6 Å². The average Bonchev–Trinajstić information content (AvgIpc) is 3.23. The quantitative estimate of drug-likeness (QED) is 0.551. The molecule has 2 aromatic carbocycles. The lowest BCUT2D eigenvalue weighted by molar-refractivity contribution is 0.809. The summed E-state index contributed by atoms with van der Waals surface area (Å²) in [6.45, 7) is 2.65. The molecule has 0 saturated carbocycles. The van der Waals surface area contributed by atoms with Crippen molar-refractivity contribution in [3.63, 3.8) is 0 Å². The Morgan fingerprint density at radius 2 is 1.85 bits per heavy atom. The highest BCUT2D eigenvalue weighted by atomic mass is 15.3. The van der Waals surface area contributed by atoms with Crippen molar-refractivity contribution in [1.29, 1.82) is 0 Å². The van der Waals surface area contributed by atoms with E-state index < -0.39 is 0 Å². The molecule has 0 aliphatic heterocycles. The van der Waals surface area contributed by atoms with E-state index in [1.807, 2.05) is 53.3 Å². The number of hydrogen-bond donors (Lipinski definition) is 2. The molecular formula is C21H22N6. The molecular weight excluding hydrogens is 336 g/mol. The molecule has 3 N–H and O–H groups in total. The molecule has 2 aromatic heterocycles. The van der Waals surface area contributed by atoms with E-state index in [0.29, 0.717) is 13.0 Å². The van der Waals surface area contributed by atoms with E-state index in [0.717, 1.165) is 33.8 Å². The van der Waals surface area contributed by atoms with Crippen LogP contribution in [0.4, 0.5) is 5.82 Å². The third kappa shape index (κ3) is 3.52. The molecule has 4 aromatic rings. The number of rotatable bonds is 6. The van der Waals surface area contributed by atoms with Crippen LogP contribution in [0.15, 0.2) is 67.0 Å². The number of nitrogens with two attached hydrogens (primary N) is 1. The second-order valence-corrected chi connectivity index (χ2v) is 6.42. The standard InChI is InChI=1S/C21H22N6/c1-15(16-7-3-5-10-19(16)27-14-6-13-23-27)24-21-17-8-2-4-9-18(17)25-20(26-21)11-12-22/h2-10,13-15H,11-12,22H2,1H3,(H,24,25,26). The minimum absolute atomic E-state index is 0.0365. The summed E-state index contributed by atoms with van der Waals surface area (Å²) in [6.07, 6.45) is 4.38. The van der Waals surface area contributed by atoms with Crippen molar-refractivity contribution < 1.29 is 0 Å². The first-order chi connectivity index (χ1) is 13.3. The minimum atomic E-state index is 0.0365. The number of anilines is 1. The van der Waals surface area contributed by atoms with E-state index in [9.17, 15) is 0 Å². The fourth-order valence-corrected chi connectivity index (χ4v) is 3.23. The Morgan fingerprint density at radius 3 is 2.67 bits per heavy atom. The summed E-state index contributed by atoms with van der Waals surface area (Å²) in [5.41, 5.74) is 8.82. The zero-order chi connectivity index (χ0) is 18.6. The van der Waals surface area contributed by atoms with Gasteiger partial charge in [-0.1, -0.05) is 30.3 Å². The second kappa shape index (κ2) is 7.55. The lowest BCUT2D eigenvalue weighted by Gasteiger charge is -2.20. The third-order valence-electron chi connectivity index (χ3n) is 4.53. The van der Waals surface area contributed by atoms with Gasteiger partial charge in [0.25, 0.3) is 0 Å². The molecule has 1 unspecified atom stereocenters. The van der Waals surface area contributed by atoms with E-state index in [4.69, 9.17) is 10.7 Å². The molecule has 0 amide bonds. The molecule has 0 aliphatic rings. The van der Waals surface area contributed by atoms with Crippen molar-refractivity contribution in [1.82, 2.24) is 19.7 Å². The first-order valence-corrected chi connectivity index (χ1v) is 9.07. The Kier molecular flexibility index (Phi) is 4.80. The van der Waals surface area contributed by atoms with Crippen molar-refractivity contribution in [2.75, 3.05) is 11.9 Å². The normalized spacial score (nSPS) is 12.2. The number of fused-ring (bicyclic) bond motifs is 1. The van der Waals surface area contributed by atoms with Gasteiger partial charge in [-0.2, -0.15) is 5.10 Å². The van der Waals surface area contributed by atoms with Crippen LogP contribution in [0.1, 0.15) is 24.4 Å². The van der Waals surface area contributed by atoms with Gasteiger partial charge in [0.2, 0.25) is 0 Å². The number of aromatic nitrogens is 4. The monoisotopic (exact) mass is 358 g/mol. The predicted octanol–water partition coefficient (Wildman–Crippen LogP) is 3.49. The van der Waals surface area contributed by atoms with Crippen LogP contribution in [0.2, 0.25) is 0 Å². The van der Waals surface area contributed by atoms with Crippen molar-refractivity contribution >= 4 is 16.7 Å². The molecule has 0 fully saturated rings. The van der Waals surface area contributed by atoms with Crippen molar-refractivity contribution in [3.05, 3.63) is 78.4 Å². The van der Waals surface area contributed by atoms with Gasteiger partial charge >= 0.3 is 0 Å². The largest absolute Gasteiger partial charge is 0.363 e. The van der Waals surface area contributed by atoms with Crippen LogP contribution in [0.3, 0.4) is 0 Å². The molecule has 6 heteroatoms. The molecule has 0 saturated heterocycles. The maximum atomic E-state index is 5.71. The zero-order valence-electron chi connectivity index (χ0n) is 15.2.